The molecule has 0 unspecified atom stereocenters. The Balaban J connectivity index is 1.98. The van der Waals surface area contributed by atoms with Gasteiger partial charge >= 0.3 is 6.03 Å². The molecule has 1 aromatic heterocycles. The van der Waals surface area contributed by atoms with E-state index in [1.54, 1.807) is 6.20 Å². The van der Waals surface area contributed by atoms with Crippen LogP contribution in [0, 0.1) is 6.92 Å². The van der Waals surface area contributed by atoms with Crippen LogP contribution in [0.25, 0.3) is 0 Å². The summed E-state index contributed by atoms with van der Waals surface area (Å²) in [5, 5.41) is 5.96. The van der Waals surface area contributed by atoms with Gasteiger partial charge in [0.15, 0.2) is 5.13 Å². The largest absolute Gasteiger partial charge is 0.325 e. The van der Waals surface area contributed by atoms with E-state index in [2.05, 4.69) is 31.5 Å². The first kappa shape index (κ1) is 12.1. The maximum atomic E-state index is 11.6. The van der Waals surface area contributed by atoms with Gasteiger partial charge in [0.2, 0.25) is 0 Å². The third-order valence-corrected chi connectivity index (χ3v) is 3.37. The molecule has 0 aliphatic rings. The molecule has 1 heterocycles. The van der Waals surface area contributed by atoms with Gasteiger partial charge in [0.25, 0.3) is 0 Å². The number of aryl methyl sites for hydroxylation is 1. The Labute approximate surface area is 111 Å². The highest BCUT2D eigenvalue weighted by molar-refractivity contribution is 9.11. The number of anilines is 2. The number of carbonyl (C=O) groups is 1. The number of urea groups is 1. The molecule has 6 heteroatoms. The van der Waals surface area contributed by atoms with Crippen LogP contribution < -0.4 is 10.6 Å². The SMILES string of the molecule is Cc1cccc(NC(=O)Nc2ncc(Br)s2)c1. The number of amides is 2. The summed E-state index contributed by atoms with van der Waals surface area (Å²) in [6, 6.07) is 7.31. The zero-order valence-electron chi connectivity index (χ0n) is 9.03. The van der Waals surface area contributed by atoms with Crippen molar-refractivity contribution >= 4 is 44.1 Å². The number of nitrogens with one attached hydrogen (secondary N) is 2. The number of hydrogen-bond donors (Lipinski definition) is 2. The third kappa shape index (κ3) is 3.54. The molecule has 88 valence electrons. The molecule has 2 rings (SSSR count). The van der Waals surface area contributed by atoms with Gasteiger partial charge in [-0.05, 0) is 40.5 Å². The van der Waals surface area contributed by atoms with Crippen LogP contribution in [0.5, 0.6) is 0 Å². The van der Waals surface area contributed by atoms with Gasteiger partial charge in [-0.3, -0.25) is 5.32 Å². The fourth-order valence-electron chi connectivity index (χ4n) is 1.29. The van der Waals surface area contributed by atoms with Crippen LogP contribution in [0.4, 0.5) is 15.6 Å². The standard InChI is InChI=1S/C11H10BrN3OS/c1-7-3-2-4-8(5-7)14-10(16)15-11-13-6-9(12)17-11/h2-6H,1H3,(H2,13,14,15,16). The highest BCUT2D eigenvalue weighted by atomic mass is 79.9. The number of aromatic nitrogens is 1. The van der Waals surface area contributed by atoms with Crippen molar-refractivity contribution in [1.29, 1.82) is 0 Å². The summed E-state index contributed by atoms with van der Waals surface area (Å²) in [6.45, 7) is 1.97. The molecule has 2 N–H and O–H groups in total. The second-order valence-electron chi connectivity index (χ2n) is 3.42. The van der Waals surface area contributed by atoms with Crippen LogP contribution >= 0.6 is 27.3 Å². The van der Waals surface area contributed by atoms with Crippen molar-refractivity contribution in [2.24, 2.45) is 0 Å². The number of rotatable bonds is 2. The van der Waals surface area contributed by atoms with Gasteiger partial charge in [-0.25, -0.2) is 9.78 Å². The summed E-state index contributed by atoms with van der Waals surface area (Å²) < 4.78 is 0.878. The molecular weight excluding hydrogens is 302 g/mol. The van der Waals surface area contributed by atoms with Crippen molar-refractivity contribution in [2.75, 3.05) is 10.6 Å². The van der Waals surface area contributed by atoms with E-state index >= 15 is 0 Å². The molecule has 1 aromatic carbocycles. The van der Waals surface area contributed by atoms with Gasteiger partial charge < -0.3 is 5.32 Å². The van der Waals surface area contributed by atoms with Crippen molar-refractivity contribution < 1.29 is 4.79 Å². The number of hydrogen-bond acceptors (Lipinski definition) is 3. The average molecular weight is 312 g/mol. The minimum atomic E-state index is -0.294. The lowest BCUT2D eigenvalue weighted by Crippen LogP contribution is -2.19. The first-order chi connectivity index (χ1) is 8.13. The molecule has 2 aromatic rings. The lowest BCUT2D eigenvalue weighted by molar-refractivity contribution is 0.262. The number of benzene rings is 1. The fraction of sp³-hybridized carbons (Fsp3) is 0.0909. The van der Waals surface area contributed by atoms with Gasteiger partial charge in [0.1, 0.15) is 0 Å². The van der Waals surface area contributed by atoms with Gasteiger partial charge in [-0.15, -0.1) is 0 Å². The third-order valence-electron chi connectivity index (χ3n) is 1.97. The van der Waals surface area contributed by atoms with Crippen LogP contribution in [0.1, 0.15) is 5.56 Å². The van der Waals surface area contributed by atoms with Crippen molar-refractivity contribution in [3.63, 3.8) is 0 Å². The van der Waals surface area contributed by atoms with Crippen LogP contribution in [0.3, 0.4) is 0 Å². The Kier molecular flexibility index (Phi) is 3.75. The topological polar surface area (TPSA) is 54.0 Å². The zero-order chi connectivity index (χ0) is 12.3. The first-order valence-corrected chi connectivity index (χ1v) is 6.50. The molecule has 0 saturated heterocycles. The Morgan fingerprint density at radius 1 is 1.41 bits per heavy atom. The highest BCUT2D eigenvalue weighted by Gasteiger charge is 2.05. The first-order valence-electron chi connectivity index (χ1n) is 4.89. The Morgan fingerprint density at radius 3 is 2.88 bits per heavy atom. The van der Waals surface area contributed by atoms with Crippen LogP contribution in [-0.2, 0) is 0 Å². The van der Waals surface area contributed by atoms with E-state index in [-0.39, 0.29) is 6.03 Å². The second kappa shape index (κ2) is 5.29. The maximum absolute atomic E-state index is 11.6. The van der Waals surface area contributed by atoms with E-state index in [1.807, 2.05) is 31.2 Å². The monoisotopic (exact) mass is 311 g/mol. The summed E-state index contributed by atoms with van der Waals surface area (Å²) in [6.07, 6.45) is 1.65. The van der Waals surface area contributed by atoms with Crippen LogP contribution in [0.2, 0.25) is 0 Å². The van der Waals surface area contributed by atoms with E-state index in [0.29, 0.717) is 5.13 Å². The lowest BCUT2D eigenvalue weighted by atomic mass is 10.2. The Bertz CT molecular complexity index is 541. The summed E-state index contributed by atoms with van der Waals surface area (Å²) in [4.78, 5) is 15.6. The lowest BCUT2D eigenvalue weighted by Gasteiger charge is -2.05. The molecule has 0 radical (unpaired) electrons. The number of thiazole rings is 1. The quantitative estimate of drug-likeness (QED) is 0.885. The Hall–Kier alpha value is -1.40. The molecule has 0 atom stereocenters. The predicted molar refractivity (Wildman–Crippen MR) is 73.6 cm³/mol. The van der Waals surface area contributed by atoms with Gasteiger partial charge in [0, 0.05) is 5.69 Å². The van der Waals surface area contributed by atoms with E-state index in [4.69, 9.17) is 0 Å². The molecule has 0 aliphatic heterocycles. The average Bonchev–Trinajstić information content (AvgIpc) is 2.63. The molecule has 0 saturated carbocycles. The minimum Gasteiger partial charge on any atom is -0.308 e. The summed E-state index contributed by atoms with van der Waals surface area (Å²) in [5.41, 5.74) is 1.86. The summed E-state index contributed by atoms with van der Waals surface area (Å²) >= 11 is 4.65. The van der Waals surface area contributed by atoms with Gasteiger partial charge in [-0.1, -0.05) is 23.5 Å². The van der Waals surface area contributed by atoms with Crippen LogP contribution in [0.15, 0.2) is 34.2 Å². The number of nitrogens with zero attached hydrogens (tertiary/aromatic N) is 1. The molecule has 0 bridgehead atoms. The fourth-order valence-corrected chi connectivity index (χ4v) is 2.40. The van der Waals surface area contributed by atoms with Crippen molar-refractivity contribution in [1.82, 2.24) is 4.98 Å². The summed E-state index contributed by atoms with van der Waals surface area (Å²) in [5.74, 6) is 0. The number of carbonyl (C=O) groups excluding carboxylic acids is 1. The van der Waals surface area contributed by atoms with Crippen molar-refractivity contribution in [3.8, 4) is 0 Å². The maximum Gasteiger partial charge on any atom is 0.325 e. The van der Waals surface area contributed by atoms with E-state index < -0.39 is 0 Å². The number of halogens is 1. The van der Waals surface area contributed by atoms with Crippen LogP contribution in [-0.4, -0.2) is 11.0 Å². The predicted octanol–water partition coefficient (Wildman–Crippen LogP) is 3.86. The van der Waals surface area contributed by atoms with E-state index in [0.717, 1.165) is 15.0 Å². The minimum absolute atomic E-state index is 0.294. The van der Waals surface area contributed by atoms with Crippen molar-refractivity contribution in [3.05, 3.63) is 39.8 Å². The van der Waals surface area contributed by atoms with E-state index in [9.17, 15) is 4.79 Å². The Morgan fingerprint density at radius 2 is 2.24 bits per heavy atom. The normalized spacial score (nSPS) is 10.0. The zero-order valence-corrected chi connectivity index (χ0v) is 11.4. The van der Waals surface area contributed by atoms with E-state index in [1.165, 1.54) is 11.3 Å². The molecule has 4 nitrogen and oxygen atoms in total. The van der Waals surface area contributed by atoms with Gasteiger partial charge in [-0.2, -0.15) is 0 Å². The molecule has 2 amide bonds. The molecule has 0 fully saturated rings. The smallest absolute Gasteiger partial charge is 0.308 e. The molecular formula is C11H10BrN3OS. The molecule has 0 aliphatic carbocycles. The molecule has 0 spiro atoms. The molecule has 17 heavy (non-hydrogen) atoms. The van der Waals surface area contributed by atoms with Crippen molar-refractivity contribution in [2.45, 2.75) is 6.92 Å². The summed E-state index contributed by atoms with van der Waals surface area (Å²) in [7, 11) is 0. The second-order valence-corrected chi connectivity index (χ2v) is 5.83. The highest BCUT2D eigenvalue weighted by Crippen LogP contribution is 2.23. The van der Waals surface area contributed by atoms with Gasteiger partial charge in [0.05, 0.1) is 9.98 Å².